The molecule has 0 unspecified atom stereocenters. The van der Waals surface area contributed by atoms with E-state index in [2.05, 4.69) is 215 Å². The van der Waals surface area contributed by atoms with Crippen LogP contribution in [0.3, 0.4) is 0 Å². The van der Waals surface area contributed by atoms with Crippen molar-refractivity contribution in [3.05, 3.63) is 221 Å². The second-order valence-electron chi connectivity index (χ2n) is 13.4. The van der Waals surface area contributed by atoms with Crippen LogP contribution in [0, 0.1) is 0 Å². The van der Waals surface area contributed by atoms with Gasteiger partial charge in [-0.25, -0.2) is 0 Å². The number of para-hydroxylation sites is 1. The van der Waals surface area contributed by atoms with Gasteiger partial charge in [-0.1, -0.05) is 162 Å². The van der Waals surface area contributed by atoms with Gasteiger partial charge in [-0.3, -0.25) is 0 Å². The number of benzene rings is 8. The summed E-state index contributed by atoms with van der Waals surface area (Å²) in [6.07, 6.45) is 0. The van der Waals surface area contributed by atoms with Crippen molar-refractivity contribution in [3.8, 4) is 39.1 Å². The van der Waals surface area contributed by atoms with Gasteiger partial charge in [-0.2, -0.15) is 0 Å². The fourth-order valence-corrected chi connectivity index (χ4v) is 8.79. The minimum atomic E-state index is -0.448. The summed E-state index contributed by atoms with van der Waals surface area (Å²) in [6.45, 7) is 0. The highest BCUT2D eigenvalue weighted by molar-refractivity contribution is 9.10. The van der Waals surface area contributed by atoms with E-state index in [0.29, 0.717) is 0 Å². The summed E-state index contributed by atoms with van der Waals surface area (Å²) in [4.78, 5) is 0. The zero-order chi connectivity index (χ0) is 33.9. The van der Waals surface area contributed by atoms with Crippen LogP contribution in [0.25, 0.3) is 60.9 Å². The van der Waals surface area contributed by atoms with E-state index in [1.807, 2.05) is 0 Å². The number of aromatic nitrogens is 1. The number of rotatable bonds is 5. The van der Waals surface area contributed by atoms with E-state index in [1.165, 1.54) is 77.4 Å². The van der Waals surface area contributed by atoms with Gasteiger partial charge in [0.05, 0.1) is 16.4 Å². The zero-order valence-electron chi connectivity index (χ0n) is 27.8. The van der Waals surface area contributed by atoms with E-state index in [0.717, 1.165) is 10.2 Å². The lowest BCUT2D eigenvalue weighted by Crippen LogP contribution is -2.28. The highest BCUT2D eigenvalue weighted by Gasteiger charge is 2.46. The van der Waals surface area contributed by atoms with Gasteiger partial charge >= 0.3 is 0 Å². The molecule has 0 aliphatic heterocycles. The van der Waals surface area contributed by atoms with Gasteiger partial charge in [0.15, 0.2) is 0 Å². The molecule has 0 atom stereocenters. The van der Waals surface area contributed by atoms with Crippen LogP contribution in [-0.4, -0.2) is 4.57 Å². The molecule has 1 nitrogen and oxygen atoms in total. The molecule has 1 aromatic heterocycles. The van der Waals surface area contributed by atoms with Gasteiger partial charge < -0.3 is 4.57 Å². The normalized spacial score (nSPS) is 13.0. The summed E-state index contributed by atoms with van der Waals surface area (Å²) in [5, 5.41) is 2.50. The van der Waals surface area contributed by atoms with Crippen LogP contribution in [0.4, 0.5) is 0 Å². The molecule has 8 aromatic carbocycles. The van der Waals surface area contributed by atoms with Crippen molar-refractivity contribution in [2.24, 2.45) is 0 Å². The monoisotopic (exact) mass is 713 g/mol. The molecular formula is C49H32BrN. The highest BCUT2D eigenvalue weighted by atomic mass is 79.9. The summed E-state index contributed by atoms with van der Waals surface area (Å²) in [5.74, 6) is 0. The Kier molecular flexibility index (Phi) is 6.94. The maximum absolute atomic E-state index is 3.58. The van der Waals surface area contributed by atoms with Gasteiger partial charge in [0.25, 0.3) is 0 Å². The fourth-order valence-electron chi connectivity index (χ4n) is 8.52. The Hall–Kier alpha value is -5.96. The molecule has 1 aliphatic rings. The number of hydrogen-bond donors (Lipinski definition) is 0. The maximum atomic E-state index is 3.58. The maximum Gasteiger partial charge on any atom is 0.0714 e. The average Bonchev–Trinajstić information content (AvgIpc) is 3.69. The predicted molar refractivity (Wildman–Crippen MR) is 217 cm³/mol. The van der Waals surface area contributed by atoms with Crippen LogP contribution in [-0.2, 0) is 5.41 Å². The summed E-state index contributed by atoms with van der Waals surface area (Å²) in [7, 11) is 0. The second-order valence-corrected chi connectivity index (χ2v) is 14.3. The Balaban J connectivity index is 1.19. The first-order valence-corrected chi connectivity index (χ1v) is 18.2. The molecule has 1 heterocycles. The van der Waals surface area contributed by atoms with Crippen LogP contribution >= 0.6 is 15.9 Å². The second kappa shape index (κ2) is 11.8. The number of fused-ring (bicyclic) bond motifs is 6. The predicted octanol–water partition coefficient (Wildman–Crippen LogP) is 13.2. The molecule has 0 saturated carbocycles. The van der Waals surface area contributed by atoms with Crippen molar-refractivity contribution in [3.63, 3.8) is 0 Å². The molecule has 0 saturated heterocycles. The Morgan fingerprint density at radius 3 is 1.73 bits per heavy atom. The quantitative estimate of drug-likeness (QED) is 0.167. The molecule has 2 heteroatoms. The first kappa shape index (κ1) is 29.9. The van der Waals surface area contributed by atoms with E-state index >= 15 is 0 Å². The van der Waals surface area contributed by atoms with Gasteiger partial charge in [-0.15, -0.1) is 0 Å². The van der Waals surface area contributed by atoms with Crippen molar-refractivity contribution in [1.82, 2.24) is 4.57 Å². The fraction of sp³-hybridized carbons (Fsp3) is 0.0204. The largest absolute Gasteiger partial charge is 0.309 e. The molecule has 0 bridgehead atoms. The third-order valence-corrected chi connectivity index (χ3v) is 11.3. The average molecular weight is 715 g/mol. The molecule has 240 valence electrons. The van der Waals surface area contributed by atoms with Crippen molar-refractivity contribution in [1.29, 1.82) is 0 Å². The zero-order valence-corrected chi connectivity index (χ0v) is 29.4. The van der Waals surface area contributed by atoms with Crippen molar-refractivity contribution >= 4 is 37.7 Å². The summed E-state index contributed by atoms with van der Waals surface area (Å²) in [6, 6.07) is 71.3. The molecule has 9 aromatic rings. The van der Waals surface area contributed by atoms with Crippen LogP contribution in [0.15, 0.2) is 199 Å². The molecule has 10 rings (SSSR count). The SMILES string of the molecule is Brc1ccc(-c2cccc(-c3ccc4c(c3)c3ccccc3n4-c3ccc4c(c3)C(c3ccccc3)(c3ccccc3)c3ccccc3-4)c2)cc1. The van der Waals surface area contributed by atoms with E-state index in [-0.39, 0.29) is 0 Å². The smallest absolute Gasteiger partial charge is 0.0714 e. The molecule has 0 spiro atoms. The number of halogens is 1. The lowest BCUT2D eigenvalue weighted by atomic mass is 9.67. The lowest BCUT2D eigenvalue weighted by molar-refractivity contribution is 0.767. The molecule has 51 heavy (non-hydrogen) atoms. The highest BCUT2D eigenvalue weighted by Crippen LogP contribution is 2.56. The van der Waals surface area contributed by atoms with Crippen LogP contribution < -0.4 is 0 Å². The van der Waals surface area contributed by atoms with Crippen molar-refractivity contribution in [2.75, 3.05) is 0 Å². The van der Waals surface area contributed by atoms with E-state index < -0.39 is 5.41 Å². The third kappa shape index (κ3) is 4.60. The molecule has 0 fully saturated rings. The number of nitrogens with zero attached hydrogens (tertiary/aromatic N) is 1. The molecule has 0 N–H and O–H groups in total. The van der Waals surface area contributed by atoms with Crippen molar-refractivity contribution in [2.45, 2.75) is 5.41 Å². The lowest BCUT2D eigenvalue weighted by Gasteiger charge is -2.34. The Morgan fingerprint density at radius 1 is 0.373 bits per heavy atom. The number of hydrogen-bond acceptors (Lipinski definition) is 0. The summed E-state index contributed by atoms with van der Waals surface area (Å²) >= 11 is 3.58. The van der Waals surface area contributed by atoms with Crippen LogP contribution in [0.5, 0.6) is 0 Å². The van der Waals surface area contributed by atoms with Gasteiger partial charge in [0, 0.05) is 20.9 Å². The molecule has 0 amide bonds. The van der Waals surface area contributed by atoms with Gasteiger partial charge in [0.2, 0.25) is 0 Å². The molecule has 0 radical (unpaired) electrons. The van der Waals surface area contributed by atoms with Gasteiger partial charge in [0.1, 0.15) is 0 Å². The van der Waals surface area contributed by atoms with E-state index in [4.69, 9.17) is 0 Å². The Morgan fingerprint density at radius 2 is 0.961 bits per heavy atom. The minimum Gasteiger partial charge on any atom is -0.309 e. The Bertz CT molecular complexity index is 2700. The minimum absolute atomic E-state index is 0.448. The Labute approximate surface area is 306 Å². The topological polar surface area (TPSA) is 4.93 Å². The standard InChI is InChI=1S/C49H32BrN/c50-39-25-22-33(23-26-39)34-12-11-13-35(30-34)36-24-29-48-44(31-36)43-19-8-10-21-47(43)51(48)40-27-28-42-41-18-7-9-20-45(41)49(46(42)32-40,37-14-3-1-4-15-37)38-16-5-2-6-17-38/h1-32H. The van der Waals surface area contributed by atoms with E-state index in [1.54, 1.807) is 0 Å². The van der Waals surface area contributed by atoms with Crippen LogP contribution in [0.2, 0.25) is 0 Å². The first-order valence-electron chi connectivity index (χ1n) is 17.5. The summed E-state index contributed by atoms with van der Waals surface area (Å²) in [5.41, 5.74) is 15.7. The molecule has 1 aliphatic carbocycles. The van der Waals surface area contributed by atoms with Crippen LogP contribution in [0.1, 0.15) is 22.3 Å². The van der Waals surface area contributed by atoms with Crippen molar-refractivity contribution < 1.29 is 0 Å². The van der Waals surface area contributed by atoms with Gasteiger partial charge in [-0.05, 0) is 104 Å². The molecular weight excluding hydrogens is 682 g/mol. The van der Waals surface area contributed by atoms with E-state index in [9.17, 15) is 0 Å². The first-order chi connectivity index (χ1) is 25.2. The summed E-state index contributed by atoms with van der Waals surface area (Å²) < 4.78 is 3.54. The third-order valence-electron chi connectivity index (χ3n) is 10.7.